The number of carbonyl (C=O) groups is 1. The number of hydrogen-bond donors (Lipinski definition) is 0. The van der Waals surface area contributed by atoms with E-state index in [1.807, 2.05) is 0 Å². The number of ketones is 1. The van der Waals surface area contributed by atoms with Gasteiger partial charge in [-0.15, -0.1) is 11.8 Å². The maximum Gasteiger partial charge on any atom is 0.281 e. The minimum atomic E-state index is -0.522. The first-order valence-electron chi connectivity index (χ1n) is 6.14. The minimum absolute atomic E-state index is 0.0748. The summed E-state index contributed by atoms with van der Waals surface area (Å²) in [6, 6.07) is 2.85. The van der Waals surface area contributed by atoms with Crippen molar-refractivity contribution in [2.24, 2.45) is 0 Å². The smallest absolute Gasteiger partial charge is 0.281 e. The Bertz CT molecular complexity index is 527. The van der Waals surface area contributed by atoms with Gasteiger partial charge in [-0.2, -0.15) is 0 Å². The summed E-state index contributed by atoms with van der Waals surface area (Å²) in [5.74, 6) is -0.342. The second-order valence-corrected chi connectivity index (χ2v) is 6.39. The Balaban J connectivity index is 2.36. The normalized spacial score (nSPS) is 15.7. The van der Waals surface area contributed by atoms with Gasteiger partial charge in [-0.1, -0.05) is 24.4 Å². The van der Waals surface area contributed by atoms with Gasteiger partial charge in [0.15, 0.2) is 5.78 Å². The third-order valence-electron chi connectivity index (χ3n) is 3.22. The van der Waals surface area contributed by atoms with Gasteiger partial charge in [0.05, 0.1) is 15.5 Å². The molecule has 2 rings (SSSR count). The van der Waals surface area contributed by atoms with Gasteiger partial charge in [-0.05, 0) is 25.8 Å². The van der Waals surface area contributed by atoms with E-state index in [0.717, 1.165) is 12.8 Å². The zero-order chi connectivity index (χ0) is 14.0. The Kier molecular flexibility index (Phi) is 4.47. The fourth-order valence-corrected chi connectivity index (χ4v) is 3.83. The van der Waals surface area contributed by atoms with Crippen molar-refractivity contribution in [1.82, 2.24) is 0 Å². The van der Waals surface area contributed by atoms with E-state index in [0.29, 0.717) is 15.2 Å². The van der Waals surface area contributed by atoms with E-state index in [9.17, 15) is 14.9 Å². The predicted molar refractivity (Wildman–Crippen MR) is 76.2 cm³/mol. The number of nitro groups is 1. The summed E-state index contributed by atoms with van der Waals surface area (Å²) in [5, 5.41) is 11.9. The van der Waals surface area contributed by atoms with Gasteiger partial charge in [-0.25, -0.2) is 0 Å². The van der Waals surface area contributed by atoms with Crippen LogP contribution in [0.4, 0.5) is 5.69 Å². The van der Waals surface area contributed by atoms with Crippen molar-refractivity contribution in [2.75, 3.05) is 0 Å². The lowest BCUT2D eigenvalue weighted by Gasteiger charge is -2.11. The fraction of sp³-hybridized carbons (Fsp3) is 0.462. The van der Waals surface area contributed by atoms with Crippen LogP contribution in [0, 0.1) is 10.1 Å². The molecule has 0 aliphatic heterocycles. The molecule has 6 heteroatoms. The number of Topliss-reactive ketones (excluding diaryl/α,β-unsaturated/α-hetero) is 1. The highest BCUT2D eigenvalue weighted by atomic mass is 35.5. The number of rotatable bonds is 4. The minimum Gasteiger partial charge on any atom is -0.294 e. The van der Waals surface area contributed by atoms with Crippen molar-refractivity contribution >= 4 is 34.8 Å². The third kappa shape index (κ3) is 3.28. The number of nitrogens with zero attached hydrogens (tertiary/aromatic N) is 1. The van der Waals surface area contributed by atoms with Crippen LogP contribution in [0.2, 0.25) is 5.02 Å². The summed E-state index contributed by atoms with van der Waals surface area (Å²) in [6.45, 7) is 1.31. The van der Waals surface area contributed by atoms with Gasteiger partial charge in [0.25, 0.3) is 5.69 Å². The van der Waals surface area contributed by atoms with Crippen molar-refractivity contribution in [3.8, 4) is 0 Å². The van der Waals surface area contributed by atoms with Gasteiger partial charge >= 0.3 is 0 Å². The molecule has 1 saturated carbocycles. The lowest BCUT2D eigenvalue weighted by molar-refractivity contribution is -0.385. The fourth-order valence-electron chi connectivity index (χ4n) is 2.25. The molecule has 19 heavy (non-hydrogen) atoms. The van der Waals surface area contributed by atoms with E-state index in [4.69, 9.17) is 11.6 Å². The van der Waals surface area contributed by atoms with Crippen LogP contribution >= 0.6 is 23.4 Å². The summed E-state index contributed by atoms with van der Waals surface area (Å²) in [6.07, 6.45) is 4.62. The Morgan fingerprint density at radius 2 is 2.05 bits per heavy atom. The lowest BCUT2D eigenvalue weighted by atomic mass is 10.1. The largest absolute Gasteiger partial charge is 0.294 e. The second-order valence-electron chi connectivity index (χ2n) is 4.64. The van der Waals surface area contributed by atoms with Crippen LogP contribution in [0.25, 0.3) is 0 Å². The molecule has 0 amide bonds. The maximum absolute atomic E-state index is 11.4. The average molecular weight is 300 g/mol. The van der Waals surface area contributed by atoms with Crippen LogP contribution in [0.3, 0.4) is 0 Å². The second kappa shape index (κ2) is 5.92. The van der Waals surface area contributed by atoms with Crippen LogP contribution in [0.15, 0.2) is 17.0 Å². The van der Waals surface area contributed by atoms with E-state index < -0.39 is 4.92 Å². The van der Waals surface area contributed by atoms with Crippen LogP contribution in [0.5, 0.6) is 0 Å². The predicted octanol–water partition coefficient (Wildman–Crippen LogP) is 4.49. The van der Waals surface area contributed by atoms with Crippen LogP contribution < -0.4 is 0 Å². The van der Waals surface area contributed by atoms with E-state index in [2.05, 4.69) is 0 Å². The first-order chi connectivity index (χ1) is 8.99. The van der Waals surface area contributed by atoms with Gasteiger partial charge in [-0.3, -0.25) is 14.9 Å². The highest BCUT2D eigenvalue weighted by Crippen LogP contribution is 2.40. The molecule has 0 radical (unpaired) electrons. The molecule has 0 aromatic heterocycles. The van der Waals surface area contributed by atoms with Crippen molar-refractivity contribution in [3.05, 3.63) is 32.8 Å². The monoisotopic (exact) mass is 299 g/mol. The van der Waals surface area contributed by atoms with Gasteiger partial charge in [0.1, 0.15) is 0 Å². The molecule has 0 saturated heterocycles. The SMILES string of the molecule is CC(=O)c1cc(Cl)c(SC2CCCC2)cc1[N+](=O)[O-]. The van der Waals surface area contributed by atoms with Crippen molar-refractivity contribution in [2.45, 2.75) is 42.8 Å². The van der Waals surface area contributed by atoms with Crippen molar-refractivity contribution in [1.29, 1.82) is 0 Å². The van der Waals surface area contributed by atoms with Gasteiger partial charge in [0, 0.05) is 16.2 Å². The molecule has 0 bridgehead atoms. The highest BCUT2D eigenvalue weighted by Gasteiger charge is 2.23. The van der Waals surface area contributed by atoms with E-state index in [-0.39, 0.29) is 17.0 Å². The number of thioether (sulfide) groups is 1. The average Bonchev–Trinajstić information content (AvgIpc) is 2.83. The van der Waals surface area contributed by atoms with Crippen LogP contribution in [-0.4, -0.2) is 16.0 Å². The Hall–Kier alpha value is -1.07. The maximum atomic E-state index is 11.4. The third-order valence-corrected chi connectivity index (χ3v) is 5.04. The molecule has 0 atom stereocenters. The molecule has 1 aliphatic carbocycles. The van der Waals surface area contributed by atoms with E-state index >= 15 is 0 Å². The van der Waals surface area contributed by atoms with Crippen molar-refractivity contribution < 1.29 is 9.72 Å². The molecular weight excluding hydrogens is 286 g/mol. The quantitative estimate of drug-likeness (QED) is 0.467. The zero-order valence-electron chi connectivity index (χ0n) is 10.5. The summed E-state index contributed by atoms with van der Waals surface area (Å²) < 4.78 is 0. The first-order valence-corrected chi connectivity index (χ1v) is 7.40. The summed E-state index contributed by atoms with van der Waals surface area (Å²) in [7, 11) is 0. The van der Waals surface area contributed by atoms with Crippen LogP contribution in [-0.2, 0) is 0 Å². The topological polar surface area (TPSA) is 60.2 Å². The Labute approximate surface area is 120 Å². The highest BCUT2D eigenvalue weighted by molar-refractivity contribution is 8.00. The standard InChI is InChI=1S/C13H14ClNO3S/c1-8(16)10-6-11(14)13(7-12(10)15(17)18)19-9-4-2-3-5-9/h6-7,9H,2-5H2,1H3. The molecule has 1 aromatic carbocycles. The van der Waals surface area contributed by atoms with Crippen LogP contribution in [0.1, 0.15) is 43.0 Å². The van der Waals surface area contributed by atoms with E-state index in [1.54, 1.807) is 11.8 Å². The Morgan fingerprint density at radius 1 is 1.42 bits per heavy atom. The number of hydrogen-bond acceptors (Lipinski definition) is 4. The molecule has 0 spiro atoms. The molecule has 0 heterocycles. The number of benzene rings is 1. The lowest BCUT2D eigenvalue weighted by Crippen LogP contribution is -2.02. The molecular formula is C13H14ClNO3S. The summed E-state index contributed by atoms with van der Waals surface area (Å²) >= 11 is 7.72. The van der Waals surface area contributed by atoms with Gasteiger partial charge < -0.3 is 0 Å². The van der Waals surface area contributed by atoms with Crippen molar-refractivity contribution in [3.63, 3.8) is 0 Å². The Morgan fingerprint density at radius 3 is 2.58 bits per heavy atom. The summed E-state index contributed by atoms with van der Waals surface area (Å²) in [4.78, 5) is 22.6. The van der Waals surface area contributed by atoms with Gasteiger partial charge in [0.2, 0.25) is 0 Å². The van der Waals surface area contributed by atoms with E-state index in [1.165, 1.54) is 31.9 Å². The molecule has 1 aromatic rings. The number of halogens is 1. The molecule has 4 nitrogen and oxygen atoms in total. The molecule has 1 fully saturated rings. The number of nitro benzene ring substituents is 1. The molecule has 0 unspecified atom stereocenters. The molecule has 1 aliphatic rings. The molecule has 102 valence electrons. The number of carbonyl (C=O) groups excluding carboxylic acids is 1. The summed E-state index contributed by atoms with van der Waals surface area (Å²) in [5.41, 5.74) is -0.0804. The zero-order valence-corrected chi connectivity index (χ0v) is 12.1. The molecule has 0 N–H and O–H groups in total. The first kappa shape index (κ1) is 14.3.